The summed E-state index contributed by atoms with van der Waals surface area (Å²) in [5.41, 5.74) is 4.43. The van der Waals surface area contributed by atoms with Crippen LogP contribution in [0, 0.1) is 17.0 Å². The van der Waals surface area contributed by atoms with Crippen molar-refractivity contribution in [2.45, 2.75) is 31.7 Å². The van der Waals surface area contributed by atoms with Gasteiger partial charge in [-0.1, -0.05) is 18.2 Å². The van der Waals surface area contributed by atoms with E-state index in [2.05, 4.69) is 4.99 Å². The standard InChI is InChI=1S/C18H20F3N3O2S/c1-17(14-11(25)8-12(19)27-14)13(15(26)24(3)16(22)23-17)9-4-6-10(7-5-9)18(2,20)21/h4,6-9,13,25H,5H2,1-3H3,(H2,22,23)/t9?,13?,17-/m0/s1. The first-order chi connectivity index (χ1) is 12.4. The topological polar surface area (TPSA) is 78.9 Å². The summed E-state index contributed by atoms with van der Waals surface area (Å²) < 4.78 is 40.8. The maximum absolute atomic E-state index is 13.7. The first-order valence-electron chi connectivity index (χ1n) is 8.33. The molecule has 0 bridgehead atoms. The lowest BCUT2D eigenvalue weighted by Gasteiger charge is -2.43. The van der Waals surface area contributed by atoms with Gasteiger partial charge in [0.05, 0.1) is 10.8 Å². The molecule has 3 N–H and O–H groups in total. The molecular formula is C18H20F3N3O2S. The van der Waals surface area contributed by atoms with Gasteiger partial charge in [-0.05, 0) is 19.3 Å². The van der Waals surface area contributed by atoms with Crippen molar-refractivity contribution >= 4 is 23.2 Å². The minimum absolute atomic E-state index is 0.0527. The van der Waals surface area contributed by atoms with Crippen LogP contribution in [0.4, 0.5) is 13.2 Å². The normalized spacial score (nSPS) is 29.0. The minimum atomic E-state index is -2.98. The number of amides is 1. The van der Waals surface area contributed by atoms with Crippen molar-refractivity contribution in [3.63, 3.8) is 0 Å². The molecule has 9 heteroatoms. The lowest BCUT2D eigenvalue weighted by Crippen LogP contribution is -2.55. The maximum Gasteiger partial charge on any atom is 0.270 e. The van der Waals surface area contributed by atoms with Crippen LogP contribution in [0.15, 0.2) is 34.9 Å². The van der Waals surface area contributed by atoms with Crippen LogP contribution in [-0.2, 0) is 10.3 Å². The molecule has 5 nitrogen and oxygen atoms in total. The molecule has 2 unspecified atom stereocenters. The molecule has 1 aliphatic carbocycles. The van der Waals surface area contributed by atoms with Crippen LogP contribution >= 0.6 is 11.3 Å². The van der Waals surface area contributed by atoms with E-state index in [0.29, 0.717) is 11.3 Å². The molecule has 2 aliphatic rings. The summed E-state index contributed by atoms with van der Waals surface area (Å²) in [6.07, 6.45) is 4.45. The van der Waals surface area contributed by atoms with Gasteiger partial charge in [-0.15, -0.1) is 11.3 Å². The van der Waals surface area contributed by atoms with Crippen molar-refractivity contribution in [1.29, 1.82) is 0 Å². The van der Waals surface area contributed by atoms with E-state index in [0.717, 1.165) is 13.0 Å². The molecule has 0 radical (unpaired) electrons. The number of alkyl halides is 2. The van der Waals surface area contributed by atoms with Gasteiger partial charge in [-0.3, -0.25) is 9.69 Å². The van der Waals surface area contributed by atoms with Crippen molar-refractivity contribution in [2.24, 2.45) is 22.6 Å². The molecule has 0 fully saturated rings. The first kappa shape index (κ1) is 19.5. The van der Waals surface area contributed by atoms with Crippen LogP contribution in [0.1, 0.15) is 25.1 Å². The summed E-state index contributed by atoms with van der Waals surface area (Å²) >= 11 is 0.688. The summed E-state index contributed by atoms with van der Waals surface area (Å²) in [6.45, 7) is 2.41. The van der Waals surface area contributed by atoms with Gasteiger partial charge >= 0.3 is 0 Å². The largest absolute Gasteiger partial charge is 0.507 e. The van der Waals surface area contributed by atoms with Crippen LogP contribution in [0.5, 0.6) is 5.75 Å². The molecule has 1 aromatic rings. The highest BCUT2D eigenvalue weighted by atomic mass is 32.1. The molecular weight excluding hydrogens is 379 g/mol. The van der Waals surface area contributed by atoms with Crippen LogP contribution in [-0.4, -0.2) is 34.8 Å². The third-order valence-electron chi connectivity index (χ3n) is 5.10. The number of rotatable bonds is 3. The van der Waals surface area contributed by atoms with E-state index in [4.69, 9.17) is 5.73 Å². The van der Waals surface area contributed by atoms with Gasteiger partial charge in [-0.25, -0.2) is 13.8 Å². The Kier molecular flexibility index (Phi) is 4.62. The van der Waals surface area contributed by atoms with E-state index in [1.54, 1.807) is 13.0 Å². The van der Waals surface area contributed by atoms with Gasteiger partial charge in [0.15, 0.2) is 11.1 Å². The first-order valence-corrected chi connectivity index (χ1v) is 9.15. The number of thiophene rings is 1. The van der Waals surface area contributed by atoms with Crippen molar-refractivity contribution in [3.8, 4) is 5.75 Å². The fourth-order valence-electron chi connectivity index (χ4n) is 3.66. The van der Waals surface area contributed by atoms with E-state index in [1.165, 1.54) is 24.1 Å². The average Bonchev–Trinajstić information content (AvgIpc) is 2.92. The third-order valence-corrected chi connectivity index (χ3v) is 6.24. The summed E-state index contributed by atoms with van der Waals surface area (Å²) in [5, 5.41) is 9.54. The van der Waals surface area contributed by atoms with Gasteiger partial charge in [0.1, 0.15) is 11.3 Å². The second-order valence-electron chi connectivity index (χ2n) is 7.06. The summed E-state index contributed by atoms with van der Waals surface area (Å²) in [4.78, 5) is 18.8. The van der Waals surface area contributed by atoms with E-state index in [1.807, 2.05) is 0 Å². The Balaban J connectivity index is 2.06. The molecule has 0 aromatic carbocycles. The molecule has 0 saturated heterocycles. The highest BCUT2D eigenvalue weighted by molar-refractivity contribution is 7.10. The Labute approximate surface area is 158 Å². The average molecular weight is 399 g/mol. The fourth-order valence-corrected chi connectivity index (χ4v) is 4.57. The number of hydrogen-bond acceptors (Lipinski definition) is 5. The van der Waals surface area contributed by atoms with Crippen LogP contribution < -0.4 is 5.73 Å². The molecule has 2 heterocycles. The van der Waals surface area contributed by atoms with Crippen molar-refractivity contribution < 1.29 is 23.1 Å². The van der Waals surface area contributed by atoms with Gasteiger partial charge < -0.3 is 10.8 Å². The second-order valence-corrected chi connectivity index (χ2v) is 8.07. The van der Waals surface area contributed by atoms with Crippen LogP contribution in [0.25, 0.3) is 0 Å². The second kappa shape index (κ2) is 6.40. The molecule has 27 heavy (non-hydrogen) atoms. The van der Waals surface area contributed by atoms with E-state index >= 15 is 0 Å². The molecule has 1 amide bonds. The zero-order chi connectivity index (χ0) is 20.1. The highest BCUT2D eigenvalue weighted by Gasteiger charge is 2.51. The molecule has 1 aliphatic heterocycles. The Morgan fingerprint density at radius 3 is 2.63 bits per heavy atom. The van der Waals surface area contributed by atoms with Gasteiger partial charge in [0, 0.05) is 25.6 Å². The van der Waals surface area contributed by atoms with Gasteiger partial charge in [-0.2, -0.15) is 4.39 Å². The SMILES string of the molecule is CN1C(=O)C(C2C=CC(C(C)(F)F)=CC2)[C@@](C)(c2sc(F)cc2O)N=C1N. The van der Waals surface area contributed by atoms with Crippen molar-refractivity contribution in [3.05, 3.63) is 39.9 Å². The lowest BCUT2D eigenvalue weighted by molar-refractivity contribution is -0.135. The quantitative estimate of drug-likeness (QED) is 0.818. The van der Waals surface area contributed by atoms with Crippen LogP contribution in [0.2, 0.25) is 0 Å². The molecule has 0 spiro atoms. The number of allylic oxidation sites excluding steroid dienone is 4. The Bertz CT molecular complexity index is 872. The highest BCUT2D eigenvalue weighted by Crippen LogP contribution is 2.49. The predicted molar refractivity (Wildman–Crippen MR) is 97.1 cm³/mol. The minimum Gasteiger partial charge on any atom is -0.507 e. The van der Waals surface area contributed by atoms with Gasteiger partial charge in [0.25, 0.3) is 5.92 Å². The number of guanidine groups is 1. The van der Waals surface area contributed by atoms with Crippen molar-refractivity contribution in [1.82, 2.24) is 4.90 Å². The summed E-state index contributed by atoms with van der Waals surface area (Å²) in [5.74, 6) is -5.00. The number of hydrogen-bond donors (Lipinski definition) is 2. The van der Waals surface area contributed by atoms with E-state index < -0.39 is 28.4 Å². The monoisotopic (exact) mass is 399 g/mol. The van der Waals surface area contributed by atoms with Crippen LogP contribution in [0.3, 0.4) is 0 Å². The molecule has 3 atom stereocenters. The number of aromatic hydroxyl groups is 1. The Morgan fingerprint density at radius 1 is 1.48 bits per heavy atom. The number of halogens is 3. The molecule has 3 rings (SSSR count). The maximum atomic E-state index is 13.7. The zero-order valence-electron chi connectivity index (χ0n) is 15.0. The number of aliphatic imine (C=N–C) groups is 1. The predicted octanol–water partition coefficient (Wildman–Crippen LogP) is 3.37. The van der Waals surface area contributed by atoms with Gasteiger partial charge in [0.2, 0.25) is 5.91 Å². The molecule has 1 aromatic heterocycles. The molecule has 146 valence electrons. The number of nitrogens with two attached hydrogens (primary N) is 1. The lowest BCUT2D eigenvalue weighted by atomic mass is 9.71. The zero-order valence-corrected chi connectivity index (χ0v) is 15.9. The number of carbonyl (C=O) groups excluding carboxylic acids is 1. The Morgan fingerprint density at radius 2 is 2.15 bits per heavy atom. The van der Waals surface area contributed by atoms with E-state index in [-0.39, 0.29) is 34.5 Å². The summed E-state index contributed by atoms with van der Waals surface area (Å²) in [7, 11) is 1.47. The number of nitrogens with zero attached hydrogens (tertiary/aromatic N) is 2. The smallest absolute Gasteiger partial charge is 0.270 e. The van der Waals surface area contributed by atoms with Crippen molar-refractivity contribution in [2.75, 3.05) is 7.05 Å². The third kappa shape index (κ3) is 3.24. The molecule has 0 saturated carbocycles. The summed E-state index contributed by atoms with van der Waals surface area (Å²) in [6, 6.07) is 0.961. The van der Waals surface area contributed by atoms with E-state index in [9.17, 15) is 23.1 Å². The number of carbonyl (C=O) groups is 1. The fraction of sp³-hybridized carbons (Fsp3) is 0.444. The Hall–Kier alpha value is -2.29.